The zero-order valence-electron chi connectivity index (χ0n) is 14.1. The minimum atomic E-state index is 0.547. The molecule has 1 heterocycles. The highest BCUT2D eigenvalue weighted by molar-refractivity contribution is 7.80. The van der Waals surface area contributed by atoms with Crippen molar-refractivity contribution in [2.75, 3.05) is 7.05 Å². The highest BCUT2D eigenvalue weighted by Gasteiger charge is 2.18. The van der Waals surface area contributed by atoms with Gasteiger partial charge in [0, 0.05) is 37.0 Å². The van der Waals surface area contributed by atoms with Gasteiger partial charge in [-0.2, -0.15) is 0 Å². The molecule has 0 saturated heterocycles. The number of para-hydroxylation sites is 1. The number of rotatable bonds is 4. The fraction of sp³-hybridized carbons (Fsp3) is 0.526. The summed E-state index contributed by atoms with van der Waals surface area (Å²) in [6, 6.07) is 8.81. The molecule has 1 saturated carbocycles. The Balaban J connectivity index is 1.71. The van der Waals surface area contributed by atoms with E-state index in [9.17, 15) is 0 Å². The molecular weight excluding hydrogens is 304 g/mol. The Morgan fingerprint density at radius 3 is 2.74 bits per heavy atom. The summed E-state index contributed by atoms with van der Waals surface area (Å²) < 4.78 is 5.99. The van der Waals surface area contributed by atoms with Gasteiger partial charge in [0.15, 0.2) is 5.11 Å². The smallest absolute Gasteiger partial charge is 0.169 e. The molecule has 1 aliphatic rings. The molecule has 23 heavy (non-hydrogen) atoms. The van der Waals surface area contributed by atoms with Crippen LogP contribution in [-0.2, 0) is 13.0 Å². The second-order valence-corrected chi connectivity index (χ2v) is 6.88. The lowest BCUT2D eigenvalue weighted by molar-refractivity contribution is 0.391. The SMILES string of the molecule is CCc1oc2ccccc2c1CN(C)C(=S)NC1CCCCC1. The fourth-order valence-electron chi connectivity index (χ4n) is 3.45. The summed E-state index contributed by atoms with van der Waals surface area (Å²) in [6.45, 7) is 2.93. The van der Waals surface area contributed by atoms with Gasteiger partial charge in [-0.05, 0) is 31.1 Å². The number of aryl methyl sites for hydroxylation is 1. The maximum atomic E-state index is 5.99. The van der Waals surface area contributed by atoms with Gasteiger partial charge < -0.3 is 14.6 Å². The van der Waals surface area contributed by atoms with E-state index in [1.165, 1.54) is 43.1 Å². The van der Waals surface area contributed by atoms with E-state index in [0.717, 1.165) is 29.4 Å². The van der Waals surface area contributed by atoms with Gasteiger partial charge in [-0.3, -0.25) is 0 Å². The van der Waals surface area contributed by atoms with Crippen LogP contribution in [0.25, 0.3) is 11.0 Å². The van der Waals surface area contributed by atoms with E-state index >= 15 is 0 Å². The molecular formula is C19H26N2OS. The monoisotopic (exact) mass is 330 g/mol. The zero-order chi connectivity index (χ0) is 16.2. The van der Waals surface area contributed by atoms with Gasteiger partial charge in [0.05, 0.1) is 0 Å². The average Bonchev–Trinajstić information content (AvgIpc) is 2.93. The van der Waals surface area contributed by atoms with Crippen LogP contribution in [0, 0.1) is 0 Å². The van der Waals surface area contributed by atoms with E-state index in [-0.39, 0.29) is 0 Å². The van der Waals surface area contributed by atoms with Gasteiger partial charge in [0.2, 0.25) is 0 Å². The van der Waals surface area contributed by atoms with Crippen LogP contribution in [0.15, 0.2) is 28.7 Å². The fourth-order valence-corrected chi connectivity index (χ4v) is 3.68. The number of nitrogens with zero attached hydrogens (tertiary/aromatic N) is 1. The third-order valence-electron chi connectivity index (χ3n) is 4.78. The molecule has 2 aromatic rings. The molecule has 4 heteroatoms. The number of furan rings is 1. The van der Waals surface area contributed by atoms with E-state index in [4.69, 9.17) is 16.6 Å². The Kier molecular flexibility index (Phi) is 5.21. The molecule has 1 N–H and O–H groups in total. The normalized spacial score (nSPS) is 15.7. The van der Waals surface area contributed by atoms with Crippen molar-refractivity contribution in [2.45, 2.75) is 58.0 Å². The second kappa shape index (κ2) is 7.35. The van der Waals surface area contributed by atoms with Crippen LogP contribution in [0.2, 0.25) is 0 Å². The minimum Gasteiger partial charge on any atom is -0.461 e. The topological polar surface area (TPSA) is 28.4 Å². The summed E-state index contributed by atoms with van der Waals surface area (Å²) in [4.78, 5) is 2.14. The lowest BCUT2D eigenvalue weighted by Crippen LogP contribution is -2.43. The van der Waals surface area contributed by atoms with Crippen molar-refractivity contribution >= 4 is 28.3 Å². The summed E-state index contributed by atoms with van der Waals surface area (Å²) in [6.07, 6.45) is 7.38. The van der Waals surface area contributed by atoms with Gasteiger partial charge in [-0.25, -0.2) is 0 Å². The third kappa shape index (κ3) is 3.69. The molecule has 0 spiro atoms. The van der Waals surface area contributed by atoms with E-state index < -0.39 is 0 Å². The lowest BCUT2D eigenvalue weighted by Gasteiger charge is -2.28. The molecule has 1 fully saturated rings. The average molecular weight is 330 g/mol. The Morgan fingerprint density at radius 1 is 1.26 bits per heavy atom. The maximum Gasteiger partial charge on any atom is 0.169 e. The molecule has 3 nitrogen and oxygen atoms in total. The van der Waals surface area contributed by atoms with Gasteiger partial charge in [0.25, 0.3) is 0 Å². The van der Waals surface area contributed by atoms with Gasteiger partial charge in [0.1, 0.15) is 11.3 Å². The molecule has 1 aromatic carbocycles. The minimum absolute atomic E-state index is 0.547. The summed E-state index contributed by atoms with van der Waals surface area (Å²) in [5, 5.41) is 5.60. The third-order valence-corrected chi connectivity index (χ3v) is 5.21. The highest BCUT2D eigenvalue weighted by atomic mass is 32.1. The number of thiocarbonyl (C=S) groups is 1. The van der Waals surface area contributed by atoms with Crippen molar-refractivity contribution in [3.63, 3.8) is 0 Å². The molecule has 124 valence electrons. The van der Waals surface area contributed by atoms with E-state index in [1.807, 2.05) is 12.1 Å². The lowest BCUT2D eigenvalue weighted by atomic mass is 9.96. The van der Waals surface area contributed by atoms with Crippen molar-refractivity contribution in [1.29, 1.82) is 0 Å². The molecule has 0 unspecified atom stereocenters. The molecule has 3 rings (SSSR count). The molecule has 1 aromatic heterocycles. The number of benzene rings is 1. The summed E-state index contributed by atoms with van der Waals surface area (Å²) in [7, 11) is 2.07. The van der Waals surface area contributed by atoms with Crippen molar-refractivity contribution < 1.29 is 4.42 Å². The standard InChI is InChI=1S/C19H26N2OS/c1-3-17-16(15-11-7-8-12-18(15)22-17)13-21(2)19(23)20-14-9-5-4-6-10-14/h7-8,11-12,14H,3-6,9-10,13H2,1-2H3,(H,20,23). The Morgan fingerprint density at radius 2 is 2.00 bits per heavy atom. The first kappa shape index (κ1) is 16.3. The van der Waals surface area contributed by atoms with Crippen molar-refractivity contribution in [2.24, 2.45) is 0 Å². The van der Waals surface area contributed by atoms with Crippen molar-refractivity contribution in [3.05, 3.63) is 35.6 Å². The summed E-state index contributed by atoms with van der Waals surface area (Å²) >= 11 is 5.62. The number of nitrogens with one attached hydrogen (secondary N) is 1. The predicted octanol–water partition coefficient (Wildman–Crippen LogP) is 4.63. The summed E-state index contributed by atoms with van der Waals surface area (Å²) in [5.74, 6) is 1.07. The molecule has 0 atom stereocenters. The van der Waals surface area contributed by atoms with Crippen LogP contribution in [-0.4, -0.2) is 23.1 Å². The zero-order valence-corrected chi connectivity index (χ0v) is 14.9. The number of hydrogen-bond donors (Lipinski definition) is 1. The van der Waals surface area contributed by atoms with Gasteiger partial charge in [-0.1, -0.05) is 44.4 Å². The first-order valence-electron chi connectivity index (χ1n) is 8.70. The molecule has 0 bridgehead atoms. The maximum absolute atomic E-state index is 5.99. The van der Waals surface area contributed by atoms with Gasteiger partial charge >= 0.3 is 0 Å². The molecule has 0 radical (unpaired) electrons. The van der Waals surface area contributed by atoms with Crippen LogP contribution < -0.4 is 5.32 Å². The Labute approximate surface area is 144 Å². The molecule has 0 aliphatic heterocycles. The van der Waals surface area contributed by atoms with Crippen LogP contribution >= 0.6 is 12.2 Å². The molecule has 0 amide bonds. The highest BCUT2D eigenvalue weighted by Crippen LogP contribution is 2.27. The van der Waals surface area contributed by atoms with E-state index in [1.54, 1.807) is 0 Å². The first-order chi connectivity index (χ1) is 11.2. The molecule has 1 aliphatic carbocycles. The van der Waals surface area contributed by atoms with Crippen molar-refractivity contribution in [3.8, 4) is 0 Å². The van der Waals surface area contributed by atoms with Crippen LogP contribution in [0.5, 0.6) is 0 Å². The quantitative estimate of drug-likeness (QED) is 0.827. The van der Waals surface area contributed by atoms with Gasteiger partial charge in [-0.15, -0.1) is 0 Å². The largest absolute Gasteiger partial charge is 0.461 e. The number of fused-ring (bicyclic) bond motifs is 1. The second-order valence-electron chi connectivity index (χ2n) is 6.49. The van der Waals surface area contributed by atoms with Crippen LogP contribution in [0.3, 0.4) is 0 Å². The first-order valence-corrected chi connectivity index (χ1v) is 9.10. The Hall–Kier alpha value is -1.55. The number of hydrogen-bond acceptors (Lipinski definition) is 2. The summed E-state index contributed by atoms with van der Waals surface area (Å²) in [5.41, 5.74) is 2.23. The van der Waals surface area contributed by atoms with Crippen LogP contribution in [0.1, 0.15) is 50.4 Å². The van der Waals surface area contributed by atoms with Crippen LogP contribution in [0.4, 0.5) is 0 Å². The predicted molar refractivity (Wildman–Crippen MR) is 99.7 cm³/mol. The van der Waals surface area contributed by atoms with E-state index in [2.05, 4.69) is 36.3 Å². The van der Waals surface area contributed by atoms with E-state index in [0.29, 0.717) is 6.04 Å². The Bertz CT molecular complexity index is 673. The van der Waals surface area contributed by atoms with Crippen molar-refractivity contribution in [1.82, 2.24) is 10.2 Å².